The third kappa shape index (κ3) is 3.27. The topological polar surface area (TPSA) is 113 Å². The quantitative estimate of drug-likeness (QED) is 0.804. The molecule has 0 saturated carbocycles. The number of hydrogen-bond donors (Lipinski definition) is 2. The highest BCUT2D eigenvalue weighted by atomic mass is 16.2. The van der Waals surface area contributed by atoms with Gasteiger partial charge in [0.1, 0.15) is 6.42 Å². The van der Waals surface area contributed by atoms with Crippen molar-refractivity contribution in [2.24, 2.45) is 0 Å². The highest BCUT2D eigenvalue weighted by Crippen LogP contribution is 2.12. The molecule has 1 heterocycles. The number of nitrogens with zero attached hydrogens (tertiary/aromatic N) is 4. The fraction of sp³-hybridized carbons (Fsp3) is 0.214. The Bertz CT molecular complexity index is 742. The highest BCUT2D eigenvalue weighted by molar-refractivity contribution is 5.94. The second-order valence-corrected chi connectivity index (χ2v) is 4.61. The van der Waals surface area contributed by atoms with Crippen molar-refractivity contribution in [3.8, 4) is 11.8 Å². The molecule has 1 aromatic carbocycles. The van der Waals surface area contributed by atoms with Gasteiger partial charge >= 0.3 is 0 Å². The molecule has 0 aliphatic rings. The Kier molecular flexibility index (Phi) is 4.48. The first-order valence-electron chi connectivity index (χ1n) is 6.48. The number of nitrogens with one attached hydrogen (secondary N) is 2. The van der Waals surface area contributed by atoms with Crippen LogP contribution in [0.25, 0.3) is 5.69 Å². The van der Waals surface area contributed by atoms with E-state index in [-0.39, 0.29) is 12.1 Å². The number of carbonyl (C=O) groups is 2. The number of benzene rings is 1. The zero-order valence-corrected chi connectivity index (χ0v) is 12.1. The van der Waals surface area contributed by atoms with Crippen molar-refractivity contribution < 1.29 is 9.59 Å². The molecular weight excluding hydrogens is 284 g/mol. The van der Waals surface area contributed by atoms with E-state index in [0.29, 0.717) is 5.69 Å². The molecule has 2 N–H and O–H groups in total. The van der Waals surface area contributed by atoms with Crippen molar-refractivity contribution in [1.29, 1.82) is 5.26 Å². The molecule has 112 valence electrons. The summed E-state index contributed by atoms with van der Waals surface area (Å²) in [6.45, 7) is 3.67. The first-order valence-corrected chi connectivity index (χ1v) is 6.48. The lowest BCUT2D eigenvalue weighted by Crippen LogP contribution is -2.41. The number of hydrazine groups is 1. The molecule has 0 aliphatic carbocycles. The molecule has 0 unspecified atom stereocenters. The predicted molar refractivity (Wildman–Crippen MR) is 76.7 cm³/mol. The minimum Gasteiger partial charge on any atom is -0.272 e. The van der Waals surface area contributed by atoms with Gasteiger partial charge < -0.3 is 0 Å². The maximum Gasteiger partial charge on any atom is 0.292 e. The second kappa shape index (κ2) is 6.49. The Morgan fingerprint density at radius 3 is 2.55 bits per heavy atom. The molecule has 8 nitrogen and oxygen atoms in total. The molecule has 22 heavy (non-hydrogen) atoms. The highest BCUT2D eigenvalue weighted by Gasteiger charge is 2.17. The summed E-state index contributed by atoms with van der Waals surface area (Å²) in [7, 11) is 0. The van der Waals surface area contributed by atoms with Crippen molar-refractivity contribution in [3.63, 3.8) is 0 Å². The van der Waals surface area contributed by atoms with Crippen molar-refractivity contribution in [2.45, 2.75) is 20.3 Å². The summed E-state index contributed by atoms with van der Waals surface area (Å²) in [5.41, 5.74) is 6.84. The van der Waals surface area contributed by atoms with Crippen LogP contribution in [0.1, 0.15) is 28.2 Å². The van der Waals surface area contributed by atoms with Gasteiger partial charge in [0.25, 0.3) is 11.8 Å². The van der Waals surface area contributed by atoms with Gasteiger partial charge in [-0.15, -0.1) is 5.10 Å². The van der Waals surface area contributed by atoms with Crippen LogP contribution in [0.3, 0.4) is 0 Å². The van der Waals surface area contributed by atoms with E-state index in [1.165, 1.54) is 4.68 Å². The van der Waals surface area contributed by atoms with Gasteiger partial charge in [0, 0.05) is 0 Å². The van der Waals surface area contributed by atoms with Gasteiger partial charge in [-0.25, -0.2) is 4.68 Å². The minimum atomic E-state index is -0.598. The van der Waals surface area contributed by atoms with Gasteiger partial charge in [0.2, 0.25) is 0 Å². The molecule has 0 aliphatic heterocycles. The monoisotopic (exact) mass is 298 g/mol. The van der Waals surface area contributed by atoms with E-state index in [1.807, 2.05) is 31.2 Å². The molecule has 0 bridgehead atoms. The number of amides is 2. The summed E-state index contributed by atoms with van der Waals surface area (Å²) in [6.07, 6.45) is -0.338. The Hall–Kier alpha value is -3.21. The molecule has 0 fully saturated rings. The molecule has 2 aromatic rings. The first-order chi connectivity index (χ1) is 10.5. The van der Waals surface area contributed by atoms with Gasteiger partial charge in [-0.05, 0) is 26.0 Å². The van der Waals surface area contributed by atoms with Crippen LogP contribution < -0.4 is 10.9 Å². The van der Waals surface area contributed by atoms with Crippen LogP contribution in [0, 0.1) is 25.2 Å². The summed E-state index contributed by atoms with van der Waals surface area (Å²) in [6, 6.07) is 9.27. The van der Waals surface area contributed by atoms with Crippen LogP contribution in [0.4, 0.5) is 0 Å². The summed E-state index contributed by atoms with van der Waals surface area (Å²) < 4.78 is 1.53. The Morgan fingerprint density at radius 2 is 1.91 bits per heavy atom. The molecule has 0 spiro atoms. The first kappa shape index (κ1) is 15.2. The lowest BCUT2D eigenvalue weighted by Gasteiger charge is -2.05. The molecule has 2 rings (SSSR count). The number of aromatic nitrogens is 3. The largest absolute Gasteiger partial charge is 0.292 e. The van der Waals surface area contributed by atoms with E-state index in [1.54, 1.807) is 13.0 Å². The van der Waals surface area contributed by atoms with E-state index in [2.05, 4.69) is 21.2 Å². The van der Waals surface area contributed by atoms with Crippen molar-refractivity contribution in [1.82, 2.24) is 25.8 Å². The van der Waals surface area contributed by atoms with Gasteiger partial charge in [-0.2, -0.15) is 5.26 Å². The van der Waals surface area contributed by atoms with Gasteiger partial charge in [-0.1, -0.05) is 22.9 Å². The van der Waals surface area contributed by atoms with E-state index >= 15 is 0 Å². The van der Waals surface area contributed by atoms with Gasteiger partial charge in [0.05, 0.1) is 17.5 Å². The summed E-state index contributed by atoms with van der Waals surface area (Å²) in [4.78, 5) is 23.1. The Morgan fingerprint density at radius 1 is 1.23 bits per heavy atom. The Labute approximate surface area is 126 Å². The SMILES string of the molecule is Cc1ccc(-n2nnc(C(=O)NNC(=O)CC#N)c2C)cc1. The van der Waals surface area contributed by atoms with Crippen LogP contribution in [0.5, 0.6) is 0 Å². The zero-order chi connectivity index (χ0) is 16.1. The van der Waals surface area contributed by atoms with Crippen LogP contribution in [-0.4, -0.2) is 26.8 Å². The standard InChI is InChI=1S/C14H14N6O2/c1-9-3-5-11(6-4-9)20-10(2)13(17-19-20)14(22)18-16-12(21)7-8-15/h3-6H,7H2,1-2H3,(H,16,21)(H,18,22). The van der Waals surface area contributed by atoms with Crippen LogP contribution in [0.2, 0.25) is 0 Å². The van der Waals surface area contributed by atoms with Crippen molar-refractivity contribution in [2.75, 3.05) is 0 Å². The number of rotatable bonds is 3. The molecular formula is C14H14N6O2. The molecule has 0 radical (unpaired) electrons. The third-order valence-corrected chi connectivity index (χ3v) is 2.94. The fourth-order valence-electron chi connectivity index (χ4n) is 1.77. The van der Waals surface area contributed by atoms with E-state index < -0.39 is 11.8 Å². The third-order valence-electron chi connectivity index (χ3n) is 2.94. The molecule has 0 saturated heterocycles. The maximum atomic E-state index is 11.9. The maximum absolute atomic E-state index is 11.9. The van der Waals surface area contributed by atoms with E-state index in [0.717, 1.165) is 11.3 Å². The van der Waals surface area contributed by atoms with Crippen LogP contribution in [-0.2, 0) is 4.79 Å². The zero-order valence-electron chi connectivity index (χ0n) is 12.1. The normalized spacial score (nSPS) is 9.86. The fourth-order valence-corrected chi connectivity index (χ4v) is 1.77. The van der Waals surface area contributed by atoms with Crippen molar-refractivity contribution >= 4 is 11.8 Å². The summed E-state index contributed by atoms with van der Waals surface area (Å²) in [5.74, 6) is -1.19. The number of carbonyl (C=O) groups excluding carboxylic acids is 2. The van der Waals surface area contributed by atoms with Crippen LogP contribution in [0.15, 0.2) is 24.3 Å². The van der Waals surface area contributed by atoms with Crippen molar-refractivity contribution in [3.05, 3.63) is 41.2 Å². The molecule has 1 aromatic heterocycles. The van der Waals surface area contributed by atoms with Gasteiger partial charge in [-0.3, -0.25) is 20.4 Å². The van der Waals surface area contributed by atoms with E-state index in [4.69, 9.17) is 5.26 Å². The summed E-state index contributed by atoms with van der Waals surface area (Å²) in [5, 5.41) is 16.1. The van der Waals surface area contributed by atoms with Crippen LogP contribution >= 0.6 is 0 Å². The number of nitriles is 1. The Balaban J connectivity index is 2.14. The minimum absolute atomic E-state index is 0.0952. The summed E-state index contributed by atoms with van der Waals surface area (Å²) >= 11 is 0. The average molecular weight is 298 g/mol. The lowest BCUT2D eigenvalue weighted by molar-refractivity contribution is -0.120. The molecule has 8 heteroatoms. The molecule has 2 amide bonds. The second-order valence-electron chi connectivity index (χ2n) is 4.61. The molecule has 0 atom stereocenters. The number of aryl methyl sites for hydroxylation is 1. The number of hydrogen-bond acceptors (Lipinski definition) is 5. The lowest BCUT2D eigenvalue weighted by atomic mass is 10.2. The average Bonchev–Trinajstić information content (AvgIpc) is 2.88. The predicted octanol–water partition coefficient (Wildman–Crippen LogP) is 0.559. The van der Waals surface area contributed by atoms with E-state index in [9.17, 15) is 9.59 Å². The van der Waals surface area contributed by atoms with Gasteiger partial charge in [0.15, 0.2) is 5.69 Å². The smallest absolute Gasteiger partial charge is 0.272 e.